The molecule has 0 saturated carbocycles. The van der Waals surface area contributed by atoms with E-state index in [4.69, 9.17) is 10.7 Å². The first-order valence-corrected chi connectivity index (χ1v) is 7.99. The van der Waals surface area contributed by atoms with Crippen molar-refractivity contribution < 1.29 is 0 Å². The molecule has 0 unspecified atom stereocenters. The summed E-state index contributed by atoms with van der Waals surface area (Å²) in [5.74, 6) is 1.12. The quantitative estimate of drug-likeness (QED) is 0.933. The number of nitrogens with zero attached hydrogens (tertiary/aromatic N) is 2. The highest BCUT2D eigenvalue weighted by atomic mass is 15.2. The van der Waals surface area contributed by atoms with Crippen molar-refractivity contribution in [3.63, 3.8) is 0 Å². The van der Waals surface area contributed by atoms with Gasteiger partial charge in [0.05, 0.1) is 5.69 Å². The molecule has 0 atom stereocenters. The Morgan fingerprint density at radius 2 is 1.95 bits per heavy atom. The lowest BCUT2D eigenvalue weighted by molar-refractivity contribution is 0.238. The number of fused-ring (bicyclic) bond motifs is 1. The van der Waals surface area contributed by atoms with Crippen molar-refractivity contribution in [3.8, 4) is 0 Å². The Morgan fingerprint density at radius 3 is 2.62 bits per heavy atom. The molecule has 3 heteroatoms. The van der Waals surface area contributed by atoms with Crippen LogP contribution in [0.25, 0.3) is 10.8 Å². The summed E-state index contributed by atoms with van der Waals surface area (Å²) in [7, 11) is 0. The van der Waals surface area contributed by atoms with Crippen LogP contribution < -0.4 is 10.6 Å². The molecule has 112 valence electrons. The smallest absolute Gasteiger partial charge is 0.136 e. The number of pyridine rings is 1. The van der Waals surface area contributed by atoms with Crippen LogP contribution in [0.15, 0.2) is 30.3 Å². The van der Waals surface area contributed by atoms with Crippen molar-refractivity contribution in [1.82, 2.24) is 4.98 Å². The van der Waals surface area contributed by atoms with Gasteiger partial charge in [0.2, 0.25) is 0 Å². The van der Waals surface area contributed by atoms with Crippen LogP contribution >= 0.6 is 0 Å². The van der Waals surface area contributed by atoms with E-state index in [2.05, 4.69) is 49.1 Å². The molecule has 0 radical (unpaired) electrons. The first-order valence-electron chi connectivity index (χ1n) is 7.99. The van der Waals surface area contributed by atoms with E-state index in [1.54, 1.807) is 0 Å². The van der Waals surface area contributed by atoms with Gasteiger partial charge >= 0.3 is 0 Å². The zero-order valence-corrected chi connectivity index (χ0v) is 13.1. The molecule has 1 aliphatic heterocycles. The van der Waals surface area contributed by atoms with E-state index in [0.717, 1.165) is 24.6 Å². The van der Waals surface area contributed by atoms with Gasteiger partial charge in [-0.2, -0.15) is 0 Å². The number of piperidine rings is 1. The minimum Gasteiger partial charge on any atom is -0.356 e. The fraction of sp³-hybridized carbons (Fsp3) is 0.500. The van der Waals surface area contributed by atoms with Gasteiger partial charge in [0.25, 0.3) is 0 Å². The van der Waals surface area contributed by atoms with Crippen molar-refractivity contribution in [2.45, 2.75) is 39.7 Å². The number of aromatic nitrogens is 1. The molecule has 3 nitrogen and oxygen atoms in total. The lowest BCUT2D eigenvalue weighted by Crippen LogP contribution is -2.39. The molecular formula is C18H25N3. The molecule has 1 fully saturated rings. The average Bonchev–Trinajstić information content (AvgIpc) is 2.54. The molecule has 0 spiro atoms. The molecule has 2 N–H and O–H groups in total. The highest BCUT2D eigenvalue weighted by molar-refractivity contribution is 5.92. The predicted molar refractivity (Wildman–Crippen MR) is 89.5 cm³/mol. The Balaban J connectivity index is 1.97. The number of nitrogens with two attached hydrogens (primary N) is 1. The SMILES string of the molecule is CCC1(C)CCN(c2nc(CN)cc3ccccc23)CC1. The zero-order chi connectivity index (χ0) is 14.9. The minimum atomic E-state index is 0.498. The van der Waals surface area contributed by atoms with Crippen molar-refractivity contribution in [3.05, 3.63) is 36.0 Å². The maximum atomic E-state index is 5.82. The normalized spacial score (nSPS) is 18.1. The van der Waals surface area contributed by atoms with Crippen LogP contribution in [0.3, 0.4) is 0 Å². The van der Waals surface area contributed by atoms with Crippen molar-refractivity contribution in [2.24, 2.45) is 11.1 Å². The van der Waals surface area contributed by atoms with Crippen molar-refractivity contribution >= 4 is 16.6 Å². The first-order chi connectivity index (χ1) is 10.1. The second-order valence-corrected chi connectivity index (χ2v) is 6.51. The van der Waals surface area contributed by atoms with Crippen LogP contribution in [0.4, 0.5) is 5.82 Å². The second-order valence-electron chi connectivity index (χ2n) is 6.51. The van der Waals surface area contributed by atoms with Crippen molar-refractivity contribution in [2.75, 3.05) is 18.0 Å². The van der Waals surface area contributed by atoms with E-state index >= 15 is 0 Å². The van der Waals surface area contributed by atoms with E-state index in [0.29, 0.717) is 12.0 Å². The van der Waals surface area contributed by atoms with Crippen LogP contribution in [0.5, 0.6) is 0 Å². The number of benzene rings is 1. The van der Waals surface area contributed by atoms with E-state index in [1.165, 1.54) is 30.0 Å². The molecule has 0 amide bonds. The van der Waals surface area contributed by atoms with Crippen LogP contribution in [-0.2, 0) is 6.54 Å². The summed E-state index contributed by atoms with van der Waals surface area (Å²) in [6.07, 6.45) is 3.75. The van der Waals surface area contributed by atoms with Gasteiger partial charge in [-0.15, -0.1) is 0 Å². The van der Waals surface area contributed by atoms with E-state index in [1.807, 2.05) is 0 Å². The highest BCUT2D eigenvalue weighted by Crippen LogP contribution is 2.37. The maximum absolute atomic E-state index is 5.82. The van der Waals surface area contributed by atoms with Crippen LogP contribution in [0.2, 0.25) is 0 Å². The molecule has 0 bridgehead atoms. The number of rotatable bonds is 3. The summed E-state index contributed by atoms with van der Waals surface area (Å²) in [6.45, 7) is 7.40. The monoisotopic (exact) mass is 283 g/mol. The van der Waals surface area contributed by atoms with Crippen LogP contribution in [0.1, 0.15) is 38.8 Å². The first kappa shape index (κ1) is 14.3. The molecule has 21 heavy (non-hydrogen) atoms. The predicted octanol–water partition coefficient (Wildman–Crippen LogP) is 3.71. The minimum absolute atomic E-state index is 0.498. The van der Waals surface area contributed by atoms with Gasteiger partial charge in [0, 0.05) is 25.0 Å². The fourth-order valence-corrected chi connectivity index (χ4v) is 3.19. The maximum Gasteiger partial charge on any atom is 0.136 e. The largest absolute Gasteiger partial charge is 0.356 e. The van der Waals surface area contributed by atoms with Gasteiger partial charge in [-0.3, -0.25) is 0 Å². The molecule has 1 aromatic heterocycles. The Kier molecular flexibility index (Phi) is 3.85. The Bertz CT molecular complexity index is 627. The van der Waals surface area contributed by atoms with Gasteiger partial charge in [-0.1, -0.05) is 44.5 Å². The summed E-state index contributed by atoms with van der Waals surface area (Å²) in [4.78, 5) is 7.26. The van der Waals surface area contributed by atoms with Crippen molar-refractivity contribution in [1.29, 1.82) is 0 Å². The molecule has 0 aliphatic carbocycles. The van der Waals surface area contributed by atoms with Crippen LogP contribution in [-0.4, -0.2) is 18.1 Å². The lowest BCUT2D eigenvalue weighted by Gasteiger charge is -2.40. The molecule has 2 heterocycles. The second kappa shape index (κ2) is 5.64. The third-order valence-electron chi connectivity index (χ3n) is 5.11. The zero-order valence-electron chi connectivity index (χ0n) is 13.1. The molecule has 1 aliphatic rings. The molecule has 1 aromatic carbocycles. The average molecular weight is 283 g/mol. The number of hydrogen-bond donors (Lipinski definition) is 1. The van der Waals surface area contributed by atoms with E-state index < -0.39 is 0 Å². The summed E-state index contributed by atoms with van der Waals surface area (Å²) < 4.78 is 0. The standard InChI is InChI=1S/C18H25N3/c1-3-18(2)8-10-21(11-9-18)17-16-7-5-4-6-14(16)12-15(13-19)20-17/h4-7,12H,3,8-11,13,19H2,1-2H3. The Hall–Kier alpha value is -1.61. The Labute approximate surface area is 127 Å². The third-order valence-corrected chi connectivity index (χ3v) is 5.11. The van der Waals surface area contributed by atoms with Gasteiger partial charge < -0.3 is 10.6 Å². The third kappa shape index (κ3) is 2.75. The van der Waals surface area contributed by atoms with Crippen LogP contribution in [0, 0.1) is 5.41 Å². The number of hydrogen-bond acceptors (Lipinski definition) is 3. The summed E-state index contributed by atoms with van der Waals surface area (Å²) in [5, 5.41) is 2.49. The highest BCUT2D eigenvalue weighted by Gasteiger charge is 2.29. The number of anilines is 1. The summed E-state index contributed by atoms with van der Waals surface area (Å²) in [5.41, 5.74) is 7.30. The lowest BCUT2D eigenvalue weighted by atomic mass is 9.78. The van der Waals surface area contributed by atoms with Gasteiger partial charge in [-0.25, -0.2) is 4.98 Å². The topological polar surface area (TPSA) is 42.2 Å². The molecule has 1 saturated heterocycles. The van der Waals surface area contributed by atoms with E-state index in [-0.39, 0.29) is 0 Å². The fourth-order valence-electron chi connectivity index (χ4n) is 3.19. The summed E-state index contributed by atoms with van der Waals surface area (Å²) >= 11 is 0. The Morgan fingerprint density at radius 1 is 1.24 bits per heavy atom. The van der Waals surface area contributed by atoms with Gasteiger partial charge in [-0.05, 0) is 29.7 Å². The van der Waals surface area contributed by atoms with Gasteiger partial charge in [0.15, 0.2) is 0 Å². The van der Waals surface area contributed by atoms with Gasteiger partial charge in [0.1, 0.15) is 5.82 Å². The molecule has 3 rings (SSSR count). The summed E-state index contributed by atoms with van der Waals surface area (Å²) in [6, 6.07) is 10.6. The van der Waals surface area contributed by atoms with E-state index in [9.17, 15) is 0 Å². The molecular weight excluding hydrogens is 258 g/mol. The molecule has 2 aromatic rings.